The van der Waals surface area contributed by atoms with Gasteiger partial charge in [-0.25, -0.2) is 0 Å². The van der Waals surface area contributed by atoms with Crippen molar-refractivity contribution in [3.05, 3.63) is 28.6 Å². The van der Waals surface area contributed by atoms with Gasteiger partial charge < -0.3 is 4.90 Å². The predicted octanol–water partition coefficient (Wildman–Crippen LogP) is 3.73. The molecule has 1 aromatic heterocycles. The fraction of sp³-hybridized carbons (Fsp3) is 0.727. The Morgan fingerprint density at radius 1 is 1.12 bits per heavy atom. The maximum Gasteiger partial charge on any atom is 0.256 e. The van der Waals surface area contributed by atoms with E-state index in [9.17, 15) is 4.79 Å². The molecule has 1 aliphatic carbocycles. The van der Waals surface area contributed by atoms with Crippen molar-refractivity contribution in [2.45, 2.75) is 71.9 Å². The van der Waals surface area contributed by atoms with Gasteiger partial charge in [-0.05, 0) is 63.5 Å². The molecule has 0 radical (unpaired) electrons. The molecule has 1 amide bonds. The number of carbonyl (C=O) groups is 1. The fourth-order valence-corrected chi connectivity index (χ4v) is 5.56. The predicted molar refractivity (Wildman–Crippen MR) is 104 cm³/mol. The van der Waals surface area contributed by atoms with Gasteiger partial charge in [-0.3, -0.25) is 14.7 Å². The zero-order valence-corrected chi connectivity index (χ0v) is 16.8. The Labute approximate surface area is 158 Å². The first kappa shape index (κ1) is 18.0. The van der Waals surface area contributed by atoms with Gasteiger partial charge >= 0.3 is 0 Å². The number of piperazine rings is 1. The molecule has 0 unspecified atom stereocenters. The lowest BCUT2D eigenvalue weighted by Gasteiger charge is -2.37. The van der Waals surface area contributed by atoms with E-state index < -0.39 is 0 Å². The largest absolute Gasteiger partial charge is 0.333 e. The Morgan fingerprint density at radius 2 is 1.85 bits per heavy atom. The maximum absolute atomic E-state index is 13.2. The second-order valence-electron chi connectivity index (χ2n) is 9.12. The molecular formula is C22H33N3O. The first-order valence-corrected chi connectivity index (χ1v) is 10.4. The highest BCUT2D eigenvalue weighted by molar-refractivity contribution is 5.97. The van der Waals surface area contributed by atoms with Crippen molar-refractivity contribution in [2.75, 3.05) is 19.6 Å². The molecule has 1 saturated carbocycles. The van der Waals surface area contributed by atoms with Crippen LogP contribution in [-0.4, -0.2) is 52.4 Å². The van der Waals surface area contributed by atoms with Gasteiger partial charge in [-0.15, -0.1) is 0 Å². The highest BCUT2D eigenvalue weighted by atomic mass is 16.2. The van der Waals surface area contributed by atoms with Gasteiger partial charge in [-0.2, -0.15) is 0 Å². The first-order chi connectivity index (χ1) is 12.4. The number of aryl methyl sites for hydroxylation is 3. The number of amides is 1. The number of hydrogen-bond acceptors (Lipinski definition) is 3. The van der Waals surface area contributed by atoms with Gasteiger partial charge in [0.05, 0.1) is 11.3 Å². The maximum atomic E-state index is 13.2. The van der Waals surface area contributed by atoms with Crippen LogP contribution in [0, 0.1) is 32.6 Å². The summed E-state index contributed by atoms with van der Waals surface area (Å²) in [6.07, 6.45) is 6.74. The SMILES string of the molecule is Cc1cc(C)c(C(=O)N2C[C@@H]3C[C@H]2CN3CC2CCC(C)CC2)c(C)n1. The van der Waals surface area contributed by atoms with Crippen LogP contribution in [0.15, 0.2) is 6.07 Å². The Hall–Kier alpha value is -1.42. The van der Waals surface area contributed by atoms with Crippen molar-refractivity contribution < 1.29 is 4.79 Å². The quantitative estimate of drug-likeness (QED) is 0.829. The molecular weight excluding hydrogens is 322 g/mol. The van der Waals surface area contributed by atoms with Crippen molar-refractivity contribution in [2.24, 2.45) is 11.8 Å². The Morgan fingerprint density at radius 3 is 2.46 bits per heavy atom. The van der Waals surface area contributed by atoms with Crippen molar-refractivity contribution in [1.29, 1.82) is 0 Å². The van der Waals surface area contributed by atoms with Crippen LogP contribution in [0.4, 0.5) is 0 Å². The third kappa shape index (κ3) is 3.28. The summed E-state index contributed by atoms with van der Waals surface area (Å²) < 4.78 is 0. The molecule has 2 aliphatic heterocycles. The van der Waals surface area contributed by atoms with Crippen LogP contribution >= 0.6 is 0 Å². The van der Waals surface area contributed by atoms with E-state index in [1.54, 1.807) is 0 Å². The molecule has 4 heteroatoms. The van der Waals surface area contributed by atoms with Gasteiger partial charge in [0.1, 0.15) is 0 Å². The number of fused-ring (bicyclic) bond motifs is 2. The van der Waals surface area contributed by atoms with E-state index in [2.05, 4.69) is 21.7 Å². The number of pyridine rings is 1. The topological polar surface area (TPSA) is 36.4 Å². The second kappa shape index (κ2) is 6.95. The molecule has 3 fully saturated rings. The summed E-state index contributed by atoms with van der Waals surface area (Å²) in [5.41, 5.74) is 3.77. The van der Waals surface area contributed by atoms with E-state index >= 15 is 0 Å². The Kier molecular flexibility index (Phi) is 4.81. The lowest BCUT2D eigenvalue weighted by molar-refractivity contribution is 0.0587. The van der Waals surface area contributed by atoms with E-state index in [-0.39, 0.29) is 5.91 Å². The average molecular weight is 356 g/mol. The number of aromatic nitrogens is 1. The minimum Gasteiger partial charge on any atom is -0.333 e. The van der Waals surface area contributed by atoms with Crippen LogP contribution in [0.2, 0.25) is 0 Å². The summed E-state index contributed by atoms with van der Waals surface area (Å²) in [5, 5.41) is 0. The van der Waals surface area contributed by atoms with Gasteiger partial charge in [0.15, 0.2) is 0 Å². The normalized spacial score (nSPS) is 31.6. The fourth-order valence-electron chi connectivity index (χ4n) is 5.56. The Balaban J connectivity index is 1.40. The van der Waals surface area contributed by atoms with Gasteiger partial charge in [-0.1, -0.05) is 19.8 Å². The second-order valence-corrected chi connectivity index (χ2v) is 9.12. The van der Waals surface area contributed by atoms with Crippen LogP contribution in [-0.2, 0) is 0 Å². The molecule has 0 spiro atoms. The molecule has 4 nitrogen and oxygen atoms in total. The third-order valence-electron chi connectivity index (χ3n) is 6.98. The van der Waals surface area contributed by atoms with E-state index in [0.717, 1.165) is 53.9 Å². The van der Waals surface area contributed by atoms with E-state index in [1.807, 2.05) is 26.8 Å². The average Bonchev–Trinajstić information content (AvgIpc) is 3.16. The zero-order valence-electron chi connectivity index (χ0n) is 16.8. The van der Waals surface area contributed by atoms with Crippen molar-refractivity contribution in [1.82, 2.24) is 14.8 Å². The Bertz CT molecular complexity index is 670. The van der Waals surface area contributed by atoms with E-state index in [4.69, 9.17) is 0 Å². The minimum atomic E-state index is 0.200. The molecule has 4 rings (SSSR count). The van der Waals surface area contributed by atoms with Crippen LogP contribution in [0.3, 0.4) is 0 Å². The van der Waals surface area contributed by atoms with Crippen LogP contribution in [0.25, 0.3) is 0 Å². The summed E-state index contributed by atoms with van der Waals surface area (Å²) in [6.45, 7) is 11.6. The summed E-state index contributed by atoms with van der Waals surface area (Å²) in [4.78, 5) is 22.5. The lowest BCUT2D eigenvalue weighted by Crippen LogP contribution is -2.50. The van der Waals surface area contributed by atoms with E-state index in [0.29, 0.717) is 12.1 Å². The molecule has 1 aromatic rings. The van der Waals surface area contributed by atoms with E-state index in [1.165, 1.54) is 32.2 Å². The highest BCUT2D eigenvalue weighted by Gasteiger charge is 2.46. The summed E-state index contributed by atoms with van der Waals surface area (Å²) in [7, 11) is 0. The third-order valence-corrected chi connectivity index (χ3v) is 6.98. The summed E-state index contributed by atoms with van der Waals surface area (Å²) >= 11 is 0. The van der Waals surface area contributed by atoms with Crippen molar-refractivity contribution >= 4 is 5.91 Å². The highest BCUT2D eigenvalue weighted by Crippen LogP contribution is 2.36. The summed E-state index contributed by atoms with van der Waals surface area (Å²) in [5.74, 6) is 2.00. The molecule has 3 aliphatic rings. The van der Waals surface area contributed by atoms with Gasteiger partial charge in [0, 0.05) is 37.4 Å². The molecule has 2 atom stereocenters. The molecule has 2 bridgehead atoms. The lowest BCUT2D eigenvalue weighted by atomic mass is 9.82. The van der Waals surface area contributed by atoms with Gasteiger partial charge in [0.2, 0.25) is 0 Å². The minimum absolute atomic E-state index is 0.200. The smallest absolute Gasteiger partial charge is 0.256 e. The molecule has 142 valence electrons. The number of nitrogens with zero attached hydrogens (tertiary/aromatic N) is 3. The number of likely N-dealkylation sites (tertiary alicyclic amines) is 2. The zero-order chi connectivity index (χ0) is 18.4. The molecule has 0 N–H and O–H groups in total. The number of hydrogen-bond donors (Lipinski definition) is 0. The molecule has 26 heavy (non-hydrogen) atoms. The summed E-state index contributed by atoms with van der Waals surface area (Å²) in [6, 6.07) is 3.00. The van der Waals surface area contributed by atoms with Crippen LogP contribution < -0.4 is 0 Å². The molecule has 3 heterocycles. The molecule has 0 aromatic carbocycles. The van der Waals surface area contributed by atoms with Crippen molar-refractivity contribution in [3.8, 4) is 0 Å². The monoisotopic (exact) mass is 355 g/mol. The van der Waals surface area contributed by atoms with Crippen LogP contribution in [0.1, 0.15) is 66.3 Å². The first-order valence-electron chi connectivity index (χ1n) is 10.4. The molecule has 2 saturated heterocycles. The van der Waals surface area contributed by atoms with Crippen LogP contribution in [0.5, 0.6) is 0 Å². The van der Waals surface area contributed by atoms with Crippen molar-refractivity contribution in [3.63, 3.8) is 0 Å². The van der Waals surface area contributed by atoms with Gasteiger partial charge in [0.25, 0.3) is 5.91 Å². The number of rotatable bonds is 3. The number of carbonyl (C=O) groups excluding carboxylic acids is 1. The standard InChI is InChI=1S/C22H33N3O/c1-14-5-7-18(8-6-14)11-24-12-20-10-19(24)13-25(20)22(26)21-15(2)9-16(3)23-17(21)4/h9,14,18-20H,5-8,10-13H2,1-4H3/t14?,18?,19-,20-/m0/s1.